The van der Waals surface area contributed by atoms with Gasteiger partial charge >= 0.3 is 12.1 Å². The summed E-state index contributed by atoms with van der Waals surface area (Å²) in [6.07, 6.45) is 2.68. The predicted octanol–water partition coefficient (Wildman–Crippen LogP) is 3.07. The molecule has 0 aromatic carbocycles. The molecule has 0 saturated carbocycles. The second-order valence-electron chi connectivity index (χ2n) is 6.67. The predicted molar refractivity (Wildman–Crippen MR) is 90.4 cm³/mol. The fourth-order valence-electron chi connectivity index (χ4n) is 1.79. The van der Waals surface area contributed by atoms with E-state index >= 15 is 0 Å². The van der Waals surface area contributed by atoms with Crippen molar-refractivity contribution >= 4 is 23.8 Å². The van der Waals surface area contributed by atoms with Gasteiger partial charge in [0.2, 0.25) is 0 Å². The minimum atomic E-state index is -1.10. The topological polar surface area (TPSA) is 88.5 Å². The first-order valence-electron chi connectivity index (χ1n) is 7.26. The molecule has 0 aliphatic rings. The van der Waals surface area contributed by atoms with Gasteiger partial charge in [0.1, 0.15) is 11.6 Å². The number of rotatable bonds is 6. The smallest absolute Gasteiger partial charge is 0.408 e. The number of pyridine rings is 1. The van der Waals surface area contributed by atoms with Crippen LogP contribution in [0, 0.1) is 0 Å². The zero-order valence-electron chi connectivity index (χ0n) is 14.1. The van der Waals surface area contributed by atoms with Crippen molar-refractivity contribution in [1.29, 1.82) is 0 Å². The van der Waals surface area contributed by atoms with Gasteiger partial charge in [-0.25, -0.2) is 9.59 Å². The Hall–Kier alpha value is -1.76. The van der Waals surface area contributed by atoms with Crippen molar-refractivity contribution in [2.24, 2.45) is 0 Å². The zero-order valence-corrected chi connectivity index (χ0v) is 14.9. The highest BCUT2D eigenvalue weighted by molar-refractivity contribution is 7.99. The van der Waals surface area contributed by atoms with Gasteiger partial charge in [0.25, 0.3) is 0 Å². The van der Waals surface area contributed by atoms with E-state index in [1.54, 1.807) is 47.0 Å². The van der Waals surface area contributed by atoms with E-state index in [4.69, 9.17) is 4.74 Å². The average molecular weight is 340 g/mol. The lowest BCUT2D eigenvalue weighted by molar-refractivity contribution is -0.140. The normalized spacial score (nSPS) is 13.3. The van der Waals surface area contributed by atoms with Gasteiger partial charge in [0, 0.05) is 22.9 Å². The second kappa shape index (κ2) is 7.68. The lowest BCUT2D eigenvalue weighted by Crippen LogP contribution is -2.53. The first-order valence-corrected chi connectivity index (χ1v) is 8.25. The quantitative estimate of drug-likeness (QED) is 0.827. The van der Waals surface area contributed by atoms with Gasteiger partial charge in [-0.3, -0.25) is 4.98 Å². The Kier molecular flexibility index (Phi) is 6.44. The van der Waals surface area contributed by atoms with Crippen LogP contribution in [0.1, 0.15) is 40.2 Å². The third-order valence-electron chi connectivity index (χ3n) is 2.94. The molecule has 0 bridgehead atoms. The van der Waals surface area contributed by atoms with E-state index in [2.05, 4.69) is 10.3 Å². The number of carboxylic acid groups (broad SMARTS) is 1. The van der Waals surface area contributed by atoms with Crippen LogP contribution < -0.4 is 5.32 Å². The molecule has 0 unspecified atom stereocenters. The van der Waals surface area contributed by atoms with Crippen molar-refractivity contribution in [3.63, 3.8) is 0 Å². The van der Waals surface area contributed by atoms with Crippen LogP contribution in [0.3, 0.4) is 0 Å². The number of aromatic nitrogens is 1. The van der Waals surface area contributed by atoms with Crippen LogP contribution in [0.25, 0.3) is 0 Å². The highest BCUT2D eigenvalue weighted by Crippen LogP contribution is 2.31. The van der Waals surface area contributed by atoms with Crippen LogP contribution in [0.5, 0.6) is 0 Å². The number of nitrogens with one attached hydrogen (secondary N) is 1. The van der Waals surface area contributed by atoms with Crippen LogP contribution in [0.4, 0.5) is 4.79 Å². The number of carbonyl (C=O) groups is 2. The van der Waals surface area contributed by atoms with E-state index < -0.39 is 28.5 Å². The number of carboxylic acids is 1. The Morgan fingerprint density at radius 1 is 1.35 bits per heavy atom. The molecule has 0 spiro atoms. The molecule has 1 aromatic rings. The Labute approximate surface area is 141 Å². The van der Waals surface area contributed by atoms with Gasteiger partial charge < -0.3 is 15.2 Å². The molecule has 0 saturated heterocycles. The molecule has 1 heterocycles. The number of alkyl carbamates (subject to hydrolysis) is 1. The average Bonchev–Trinajstić information content (AvgIpc) is 2.41. The summed E-state index contributed by atoms with van der Waals surface area (Å²) in [7, 11) is 0. The van der Waals surface area contributed by atoms with Gasteiger partial charge in [-0.15, -0.1) is 11.8 Å². The summed E-state index contributed by atoms with van der Waals surface area (Å²) < 4.78 is 4.42. The minimum absolute atomic E-state index is 0.598. The molecule has 7 heteroatoms. The molecular weight excluding hydrogens is 316 g/mol. The summed E-state index contributed by atoms with van der Waals surface area (Å²) in [4.78, 5) is 27.5. The highest BCUT2D eigenvalue weighted by atomic mass is 32.2. The van der Waals surface area contributed by atoms with Gasteiger partial charge in [-0.1, -0.05) is 6.07 Å². The van der Waals surface area contributed by atoms with Crippen LogP contribution in [-0.4, -0.2) is 38.5 Å². The van der Waals surface area contributed by atoms with Crippen LogP contribution >= 0.6 is 11.8 Å². The molecule has 0 aliphatic heterocycles. The maximum Gasteiger partial charge on any atom is 0.408 e. The molecule has 6 nitrogen and oxygen atoms in total. The van der Waals surface area contributed by atoms with Crippen LogP contribution in [-0.2, 0) is 15.3 Å². The largest absolute Gasteiger partial charge is 0.480 e. The third kappa shape index (κ3) is 6.90. The Balaban J connectivity index is 2.74. The van der Waals surface area contributed by atoms with E-state index in [9.17, 15) is 14.7 Å². The molecule has 2 N–H and O–H groups in total. The number of ether oxygens (including phenoxy) is 1. The number of carbonyl (C=O) groups excluding carboxylic acids is 1. The number of nitrogens with zero attached hydrogens (tertiary/aromatic N) is 1. The first kappa shape index (κ1) is 19.3. The third-order valence-corrected chi connectivity index (χ3v) is 4.39. The molecule has 1 atom stereocenters. The lowest BCUT2D eigenvalue weighted by Gasteiger charge is -2.32. The van der Waals surface area contributed by atoms with Gasteiger partial charge in [0.15, 0.2) is 0 Å². The van der Waals surface area contributed by atoms with Gasteiger partial charge in [0.05, 0.1) is 0 Å². The van der Waals surface area contributed by atoms with Crippen molar-refractivity contribution in [2.45, 2.75) is 56.8 Å². The first-order chi connectivity index (χ1) is 10.5. The van der Waals surface area contributed by atoms with E-state index in [0.29, 0.717) is 5.75 Å². The monoisotopic (exact) mass is 340 g/mol. The van der Waals surface area contributed by atoms with Crippen LogP contribution in [0.15, 0.2) is 24.5 Å². The molecule has 1 aromatic heterocycles. The fourth-order valence-corrected chi connectivity index (χ4v) is 2.83. The number of thioether (sulfide) groups is 1. The standard InChI is InChI=1S/C16H24N2O4S/c1-15(2,3)22-14(21)18-12(13(19)20)16(4,5)23-10-11-7-6-8-17-9-11/h6-9,12H,10H2,1-5H3,(H,18,21)(H,19,20)/t12-/m1/s1. The van der Waals surface area contributed by atoms with E-state index in [-0.39, 0.29) is 0 Å². The zero-order chi connectivity index (χ0) is 17.7. The Morgan fingerprint density at radius 2 is 2.00 bits per heavy atom. The lowest BCUT2D eigenvalue weighted by atomic mass is 10.0. The number of hydrogen-bond acceptors (Lipinski definition) is 5. The minimum Gasteiger partial charge on any atom is -0.480 e. The Morgan fingerprint density at radius 3 is 2.48 bits per heavy atom. The molecule has 128 valence electrons. The molecule has 1 amide bonds. The summed E-state index contributed by atoms with van der Waals surface area (Å²) in [6, 6.07) is 2.68. The molecule has 0 aliphatic carbocycles. The van der Waals surface area contributed by atoms with E-state index in [1.807, 2.05) is 12.1 Å². The summed E-state index contributed by atoms with van der Waals surface area (Å²) in [5, 5.41) is 11.9. The highest BCUT2D eigenvalue weighted by Gasteiger charge is 2.38. The summed E-state index contributed by atoms with van der Waals surface area (Å²) in [6.45, 7) is 8.74. The van der Waals surface area contributed by atoms with Crippen molar-refractivity contribution in [1.82, 2.24) is 10.3 Å². The number of aliphatic carboxylic acids is 1. The molecular formula is C16H24N2O4S. The molecule has 1 rings (SSSR count). The van der Waals surface area contributed by atoms with Crippen molar-refractivity contribution in [2.75, 3.05) is 0 Å². The van der Waals surface area contributed by atoms with E-state index in [1.165, 1.54) is 11.8 Å². The van der Waals surface area contributed by atoms with Crippen LogP contribution in [0.2, 0.25) is 0 Å². The molecule has 23 heavy (non-hydrogen) atoms. The maximum absolute atomic E-state index is 11.9. The van der Waals surface area contributed by atoms with E-state index in [0.717, 1.165) is 5.56 Å². The van der Waals surface area contributed by atoms with Gasteiger partial charge in [-0.2, -0.15) is 0 Å². The summed E-state index contributed by atoms with van der Waals surface area (Å²) in [5.41, 5.74) is 0.312. The maximum atomic E-state index is 11.9. The fraction of sp³-hybridized carbons (Fsp3) is 0.562. The number of amides is 1. The summed E-state index contributed by atoms with van der Waals surface area (Å²) in [5.74, 6) is -0.500. The molecule has 0 radical (unpaired) electrons. The molecule has 0 fully saturated rings. The Bertz CT molecular complexity index is 541. The van der Waals surface area contributed by atoms with Gasteiger partial charge in [-0.05, 0) is 46.2 Å². The van der Waals surface area contributed by atoms with Crippen molar-refractivity contribution in [3.05, 3.63) is 30.1 Å². The van der Waals surface area contributed by atoms with Crippen molar-refractivity contribution < 1.29 is 19.4 Å². The summed E-state index contributed by atoms with van der Waals surface area (Å²) >= 11 is 1.44. The second-order valence-corrected chi connectivity index (χ2v) is 8.30. The van der Waals surface area contributed by atoms with Crippen molar-refractivity contribution in [3.8, 4) is 0 Å². The SMILES string of the molecule is CC(C)(C)OC(=O)N[C@H](C(=O)O)C(C)(C)SCc1cccnc1. The number of hydrogen-bond donors (Lipinski definition) is 2.